The van der Waals surface area contributed by atoms with Gasteiger partial charge in [-0.2, -0.15) is 8.78 Å². The van der Waals surface area contributed by atoms with Crippen molar-refractivity contribution in [3.63, 3.8) is 0 Å². The molecule has 0 aliphatic carbocycles. The Morgan fingerprint density at radius 3 is 2.31 bits per heavy atom. The van der Waals surface area contributed by atoms with Crippen molar-refractivity contribution in [3.05, 3.63) is 66.7 Å². The molecule has 0 atom stereocenters. The van der Waals surface area contributed by atoms with Gasteiger partial charge in [0.05, 0.1) is 34.1 Å². The van der Waals surface area contributed by atoms with Crippen molar-refractivity contribution in [1.29, 1.82) is 0 Å². The van der Waals surface area contributed by atoms with Gasteiger partial charge in [0, 0.05) is 6.07 Å². The summed E-state index contributed by atoms with van der Waals surface area (Å²) < 4.78 is 38.9. The van der Waals surface area contributed by atoms with Crippen molar-refractivity contribution in [1.82, 2.24) is 0 Å². The van der Waals surface area contributed by atoms with Crippen LogP contribution in [0.5, 0.6) is 11.5 Å². The zero-order chi connectivity index (χ0) is 21.7. The largest absolute Gasteiger partial charge is 0.493 e. The maximum absolute atomic E-state index is 12.5. The van der Waals surface area contributed by atoms with E-state index in [1.165, 1.54) is 6.07 Å². The Labute approximate surface area is 165 Å². The van der Waals surface area contributed by atoms with E-state index in [0.717, 1.165) is 25.3 Å². The third-order valence-corrected chi connectivity index (χ3v) is 3.83. The Kier molecular flexibility index (Phi) is 6.83. The molecule has 0 saturated carbocycles. The lowest BCUT2D eigenvalue weighted by Gasteiger charge is -2.12. The average Bonchev–Trinajstić information content (AvgIpc) is 2.65. The minimum absolute atomic E-state index is 0.176. The molecule has 0 aromatic heterocycles. The summed E-state index contributed by atoms with van der Waals surface area (Å²) >= 11 is 5.66. The van der Waals surface area contributed by atoms with Gasteiger partial charge in [0.15, 0.2) is 11.5 Å². The molecule has 29 heavy (non-hydrogen) atoms. The first kappa shape index (κ1) is 21.8. The fraction of sp³-hybridized carbons (Fsp3) is 0.188. The molecule has 2 aromatic carbocycles. The van der Waals surface area contributed by atoms with Gasteiger partial charge in [-0.3, -0.25) is 20.2 Å². The van der Waals surface area contributed by atoms with Crippen LogP contribution in [0.2, 0.25) is 5.02 Å². The summed E-state index contributed by atoms with van der Waals surface area (Å²) in [6.45, 7) is -3.88. The third kappa shape index (κ3) is 5.25. The van der Waals surface area contributed by atoms with Crippen molar-refractivity contribution in [2.45, 2.75) is 13.2 Å². The second-order valence-corrected chi connectivity index (χ2v) is 5.67. The van der Waals surface area contributed by atoms with E-state index in [-0.39, 0.29) is 21.9 Å². The highest BCUT2D eigenvalue weighted by Crippen LogP contribution is 2.36. The van der Waals surface area contributed by atoms with E-state index in [1.54, 1.807) is 0 Å². The number of ether oxygens (including phenoxy) is 3. The summed E-state index contributed by atoms with van der Waals surface area (Å²) in [5, 5.41) is 21.9. The summed E-state index contributed by atoms with van der Waals surface area (Å²) in [6.07, 6.45) is 0. The van der Waals surface area contributed by atoms with E-state index in [4.69, 9.17) is 21.1 Å². The molecular formula is C16H11ClF2N2O8. The molecule has 0 N–H and O–H groups in total. The third-order valence-electron chi connectivity index (χ3n) is 3.51. The first-order chi connectivity index (χ1) is 13.6. The van der Waals surface area contributed by atoms with Crippen molar-refractivity contribution >= 4 is 28.9 Å². The van der Waals surface area contributed by atoms with E-state index in [1.807, 2.05) is 0 Å². The minimum atomic E-state index is -3.24. The van der Waals surface area contributed by atoms with E-state index in [2.05, 4.69) is 4.74 Å². The van der Waals surface area contributed by atoms with E-state index in [0.29, 0.717) is 6.07 Å². The van der Waals surface area contributed by atoms with Gasteiger partial charge < -0.3 is 14.2 Å². The number of alkyl halides is 2. The number of nitro groups is 2. The number of carbonyl (C=O) groups is 1. The maximum atomic E-state index is 12.5. The predicted molar refractivity (Wildman–Crippen MR) is 93.5 cm³/mol. The second kappa shape index (κ2) is 9.10. The van der Waals surface area contributed by atoms with Crippen LogP contribution in [0.25, 0.3) is 0 Å². The molecule has 0 saturated heterocycles. The Morgan fingerprint density at radius 2 is 1.76 bits per heavy atom. The van der Waals surface area contributed by atoms with Gasteiger partial charge in [-0.15, -0.1) is 0 Å². The van der Waals surface area contributed by atoms with Crippen LogP contribution in [0.15, 0.2) is 30.3 Å². The molecule has 0 spiro atoms. The molecule has 2 aromatic rings. The molecule has 2 rings (SSSR count). The van der Waals surface area contributed by atoms with Gasteiger partial charge in [0.1, 0.15) is 11.6 Å². The van der Waals surface area contributed by atoms with Crippen molar-refractivity contribution < 1.29 is 37.6 Å². The van der Waals surface area contributed by atoms with Crippen LogP contribution in [0.3, 0.4) is 0 Å². The quantitative estimate of drug-likeness (QED) is 0.345. The Bertz CT molecular complexity index is 970. The molecular weight excluding hydrogens is 422 g/mol. The van der Waals surface area contributed by atoms with Crippen molar-refractivity contribution in [2.75, 3.05) is 7.11 Å². The van der Waals surface area contributed by atoms with Crippen LogP contribution in [0.1, 0.15) is 15.9 Å². The number of hydrogen-bond donors (Lipinski definition) is 0. The molecule has 0 aliphatic rings. The lowest BCUT2D eigenvalue weighted by molar-refractivity contribution is -0.386. The Hall–Kier alpha value is -3.54. The highest BCUT2D eigenvalue weighted by Gasteiger charge is 2.23. The van der Waals surface area contributed by atoms with Gasteiger partial charge in [-0.25, -0.2) is 4.79 Å². The summed E-state index contributed by atoms with van der Waals surface area (Å²) in [5.74, 6) is -1.84. The van der Waals surface area contributed by atoms with Crippen molar-refractivity contribution in [3.8, 4) is 11.5 Å². The van der Waals surface area contributed by atoms with Gasteiger partial charge in [0.2, 0.25) is 0 Å². The van der Waals surface area contributed by atoms with Crippen LogP contribution < -0.4 is 9.47 Å². The fourth-order valence-electron chi connectivity index (χ4n) is 2.23. The highest BCUT2D eigenvalue weighted by atomic mass is 35.5. The van der Waals surface area contributed by atoms with E-state index >= 15 is 0 Å². The van der Waals surface area contributed by atoms with Gasteiger partial charge in [0.25, 0.3) is 11.4 Å². The molecule has 0 heterocycles. The minimum Gasteiger partial charge on any atom is -0.493 e. The molecule has 0 fully saturated rings. The lowest BCUT2D eigenvalue weighted by atomic mass is 10.1. The normalized spacial score (nSPS) is 10.5. The number of hydrogen-bond acceptors (Lipinski definition) is 8. The second-order valence-electron chi connectivity index (χ2n) is 5.27. The van der Waals surface area contributed by atoms with Crippen LogP contribution in [-0.4, -0.2) is 29.5 Å². The molecule has 0 bridgehead atoms. The molecule has 154 valence electrons. The fourth-order valence-corrected chi connectivity index (χ4v) is 2.42. The Morgan fingerprint density at radius 1 is 1.10 bits per heavy atom. The monoisotopic (exact) mass is 432 g/mol. The number of nitro benzene ring substituents is 2. The number of methoxy groups -OCH3 is 1. The number of nitrogens with zero attached hydrogens (tertiary/aromatic N) is 2. The summed E-state index contributed by atoms with van der Waals surface area (Å²) in [4.78, 5) is 32.6. The number of carbonyl (C=O) groups excluding carboxylic acids is 1. The number of rotatable bonds is 8. The SMILES string of the molecule is COc1cc(COC(=O)c2ccc(Cl)c([N+](=O)[O-])c2)c([N+](=O)[O-])cc1OC(F)F. The molecule has 13 heteroatoms. The lowest BCUT2D eigenvalue weighted by Crippen LogP contribution is -2.09. The van der Waals surface area contributed by atoms with Crippen LogP contribution >= 0.6 is 11.6 Å². The maximum Gasteiger partial charge on any atom is 0.387 e. The van der Waals surface area contributed by atoms with E-state index in [9.17, 15) is 33.8 Å². The Balaban J connectivity index is 2.29. The van der Waals surface area contributed by atoms with Crippen LogP contribution in [0, 0.1) is 20.2 Å². The van der Waals surface area contributed by atoms with Crippen molar-refractivity contribution in [2.24, 2.45) is 0 Å². The molecule has 0 unspecified atom stereocenters. The topological polar surface area (TPSA) is 131 Å². The summed E-state index contributed by atoms with van der Waals surface area (Å²) in [5.41, 5.74) is -1.57. The van der Waals surface area contributed by atoms with Gasteiger partial charge >= 0.3 is 12.6 Å². The van der Waals surface area contributed by atoms with Gasteiger partial charge in [-0.05, 0) is 18.2 Å². The zero-order valence-electron chi connectivity index (χ0n) is 14.5. The van der Waals surface area contributed by atoms with Crippen LogP contribution in [-0.2, 0) is 11.3 Å². The number of esters is 1. The zero-order valence-corrected chi connectivity index (χ0v) is 15.2. The molecule has 0 aliphatic heterocycles. The standard InChI is InChI=1S/C16H11ClF2N2O8/c1-27-13-5-9(11(20(23)24)6-14(13)29-16(18)19)7-28-15(22)8-2-3-10(17)12(4-8)21(25)26/h2-6,16H,7H2,1H3. The molecule has 10 nitrogen and oxygen atoms in total. The summed E-state index contributed by atoms with van der Waals surface area (Å²) in [7, 11) is 1.13. The number of halogens is 3. The number of benzene rings is 2. The first-order valence-electron chi connectivity index (χ1n) is 7.55. The first-order valence-corrected chi connectivity index (χ1v) is 7.93. The highest BCUT2D eigenvalue weighted by molar-refractivity contribution is 6.32. The predicted octanol–water partition coefficient (Wildman–Crippen LogP) is 4.12. The molecule has 0 amide bonds. The van der Waals surface area contributed by atoms with Crippen LogP contribution in [0.4, 0.5) is 20.2 Å². The summed E-state index contributed by atoms with van der Waals surface area (Å²) in [6, 6.07) is 4.90. The average molecular weight is 433 g/mol. The van der Waals surface area contributed by atoms with E-state index < -0.39 is 46.2 Å². The van der Waals surface area contributed by atoms with Gasteiger partial charge in [-0.1, -0.05) is 11.6 Å². The smallest absolute Gasteiger partial charge is 0.387 e. The molecule has 0 radical (unpaired) electrons.